The Morgan fingerprint density at radius 1 is 1.59 bits per heavy atom. The third kappa shape index (κ3) is 4.70. The fraction of sp³-hybridized carbons (Fsp3) is 0.636. The van der Waals surface area contributed by atoms with Gasteiger partial charge in [-0.15, -0.1) is 11.3 Å². The van der Waals surface area contributed by atoms with E-state index in [9.17, 15) is 9.90 Å². The molecule has 2 amide bonds. The first-order chi connectivity index (χ1) is 7.79. The van der Waals surface area contributed by atoms with E-state index in [1.165, 1.54) is 11.3 Å². The summed E-state index contributed by atoms with van der Waals surface area (Å²) in [5.41, 5.74) is 0.630. The molecule has 0 aliphatic heterocycles. The van der Waals surface area contributed by atoms with Gasteiger partial charge < -0.3 is 10.4 Å². The molecule has 5 nitrogen and oxygen atoms in total. The zero-order chi connectivity index (χ0) is 13.1. The number of aryl methyl sites for hydroxylation is 1. The normalized spacial score (nSPS) is 13.2. The van der Waals surface area contributed by atoms with E-state index < -0.39 is 6.10 Å². The lowest BCUT2D eigenvalue weighted by atomic mass is 9.89. The number of aliphatic hydroxyl groups is 1. The Labute approximate surface area is 105 Å². The lowest BCUT2D eigenvalue weighted by molar-refractivity contribution is 0.0654. The molecule has 0 aliphatic rings. The molecule has 1 aromatic heterocycles. The zero-order valence-corrected chi connectivity index (χ0v) is 11.4. The van der Waals surface area contributed by atoms with E-state index in [-0.39, 0.29) is 18.0 Å². The summed E-state index contributed by atoms with van der Waals surface area (Å²) in [7, 11) is 0. The SMILES string of the molecule is Cc1csc(NC(=O)NCC(O)C(C)(C)C)n1. The second-order valence-corrected chi connectivity index (χ2v) is 5.87. The average molecular weight is 257 g/mol. The minimum absolute atomic E-state index is 0.222. The Balaban J connectivity index is 2.36. The van der Waals surface area contributed by atoms with Gasteiger partial charge in [0.15, 0.2) is 5.13 Å². The number of rotatable bonds is 3. The van der Waals surface area contributed by atoms with Gasteiger partial charge in [-0.3, -0.25) is 5.32 Å². The topological polar surface area (TPSA) is 74.2 Å². The number of anilines is 1. The number of carbonyl (C=O) groups is 1. The van der Waals surface area contributed by atoms with Crippen LogP contribution in [-0.2, 0) is 0 Å². The van der Waals surface area contributed by atoms with E-state index in [0.29, 0.717) is 5.13 Å². The van der Waals surface area contributed by atoms with Crippen LogP contribution in [0.1, 0.15) is 26.5 Å². The summed E-state index contributed by atoms with van der Waals surface area (Å²) in [6.07, 6.45) is -0.578. The Hall–Kier alpha value is -1.14. The van der Waals surface area contributed by atoms with Crippen molar-refractivity contribution in [3.63, 3.8) is 0 Å². The Morgan fingerprint density at radius 2 is 2.24 bits per heavy atom. The summed E-state index contributed by atoms with van der Waals surface area (Å²) >= 11 is 1.37. The molecule has 0 spiro atoms. The Bertz CT molecular complexity index is 384. The monoisotopic (exact) mass is 257 g/mol. The predicted molar refractivity (Wildman–Crippen MR) is 69.3 cm³/mol. The lowest BCUT2D eigenvalue weighted by Gasteiger charge is -2.25. The molecule has 1 rings (SSSR count). The number of urea groups is 1. The van der Waals surface area contributed by atoms with Crippen LogP contribution in [0.2, 0.25) is 0 Å². The van der Waals surface area contributed by atoms with Gasteiger partial charge in [0.25, 0.3) is 0 Å². The smallest absolute Gasteiger partial charge is 0.321 e. The molecule has 0 fully saturated rings. The lowest BCUT2D eigenvalue weighted by Crippen LogP contribution is -2.40. The van der Waals surface area contributed by atoms with Crippen LogP contribution in [0.5, 0.6) is 0 Å². The first kappa shape index (κ1) is 13.9. The fourth-order valence-corrected chi connectivity index (χ4v) is 1.73. The third-order valence-electron chi connectivity index (χ3n) is 2.30. The molecule has 17 heavy (non-hydrogen) atoms. The summed E-state index contributed by atoms with van der Waals surface area (Å²) in [4.78, 5) is 15.6. The highest BCUT2D eigenvalue weighted by molar-refractivity contribution is 7.13. The second kappa shape index (κ2) is 5.46. The molecule has 0 bridgehead atoms. The van der Waals surface area contributed by atoms with Crippen molar-refractivity contribution in [2.45, 2.75) is 33.8 Å². The van der Waals surface area contributed by atoms with Gasteiger partial charge >= 0.3 is 6.03 Å². The standard InChI is InChI=1S/C11H19N3O2S/c1-7-6-17-10(13-7)14-9(16)12-5-8(15)11(2,3)4/h6,8,15H,5H2,1-4H3,(H2,12,13,14,16). The van der Waals surface area contributed by atoms with E-state index in [4.69, 9.17) is 0 Å². The van der Waals surface area contributed by atoms with Crippen LogP contribution in [0.3, 0.4) is 0 Å². The summed E-state index contributed by atoms with van der Waals surface area (Å²) in [6, 6.07) is -0.345. The van der Waals surface area contributed by atoms with Crippen LogP contribution in [0.4, 0.5) is 9.93 Å². The number of nitrogens with zero attached hydrogens (tertiary/aromatic N) is 1. The van der Waals surface area contributed by atoms with Gasteiger partial charge in [0.2, 0.25) is 0 Å². The molecule has 1 atom stereocenters. The van der Waals surface area contributed by atoms with Crippen LogP contribution in [0.15, 0.2) is 5.38 Å². The van der Waals surface area contributed by atoms with Gasteiger partial charge in [-0.25, -0.2) is 9.78 Å². The second-order valence-electron chi connectivity index (χ2n) is 5.01. The number of hydrogen-bond acceptors (Lipinski definition) is 4. The van der Waals surface area contributed by atoms with Crippen molar-refractivity contribution in [3.8, 4) is 0 Å². The molecule has 96 valence electrons. The van der Waals surface area contributed by atoms with Crippen molar-refractivity contribution >= 4 is 22.5 Å². The van der Waals surface area contributed by atoms with E-state index in [1.807, 2.05) is 33.1 Å². The number of carbonyl (C=O) groups excluding carboxylic acids is 1. The van der Waals surface area contributed by atoms with Gasteiger partial charge in [-0.2, -0.15) is 0 Å². The molecule has 6 heteroatoms. The molecule has 0 saturated carbocycles. The summed E-state index contributed by atoms with van der Waals surface area (Å²) < 4.78 is 0. The van der Waals surface area contributed by atoms with Crippen LogP contribution >= 0.6 is 11.3 Å². The van der Waals surface area contributed by atoms with E-state index in [1.54, 1.807) is 0 Å². The van der Waals surface area contributed by atoms with Gasteiger partial charge in [-0.05, 0) is 12.3 Å². The van der Waals surface area contributed by atoms with Crippen molar-refractivity contribution < 1.29 is 9.90 Å². The van der Waals surface area contributed by atoms with Gasteiger partial charge in [0.05, 0.1) is 11.8 Å². The highest BCUT2D eigenvalue weighted by Crippen LogP contribution is 2.18. The third-order valence-corrected chi connectivity index (χ3v) is 3.17. The summed E-state index contributed by atoms with van der Waals surface area (Å²) in [5.74, 6) is 0. The van der Waals surface area contributed by atoms with Gasteiger partial charge in [0.1, 0.15) is 0 Å². The first-order valence-electron chi connectivity index (χ1n) is 5.44. The predicted octanol–water partition coefficient (Wildman–Crippen LogP) is 1.98. The quantitative estimate of drug-likeness (QED) is 0.775. The maximum Gasteiger partial charge on any atom is 0.321 e. The van der Waals surface area contributed by atoms with E-state index in [0.717, 1.165) is 5.69 Å². The first-order valence-corrected chi connectivity index (χ1v) is 6.32. The molecule has 0 saturated heterocycles. The molecular formula is C11H19N3O2S. The molecule has 0 radical (unpaired) electrons. The highest BCUT2D eigenvalue weighted by Gasteiger charge is 2.22. The number of aromatic nitrogens is 1. The number of thiazole rings is 1. The maximum atomic E-state index is 11.5. The molecule has 1 unspecified atom stereocenters. The van der Waals surface area contributed by atoms with Crippen molar-refractivity contribution in [3.05, 3.63) is 11.1 Å². The largest absolute Gasteiger partial charge is 0.391 e. The average Bonchev–Trinajstić information content (AvgIpc) is 2.58. The molecule has 0 aromatic carbocycles. The Kier molecular flexibility index (Phi) is 4.47. The van der Waals surface area contributed by atoms with Crippen LogP contribution in [0, 0.1) is 12.3 Å². The highest BCUT2D eigenvalue weighted by atomic mass is 32.1. The number of aliphatic hydroxyl groups excluding tert-OH is 1. The van der Waals surface area contributed by atoms with E-state index in [2.05, 4.69) is 15.6 Å². The van der Waals surface area contributed by atoms with Crippen LogP contribution in [0.25, 0.3) is 0 Å². The van der Waals surface area contributed by atoms with Crippen LogP contribution < -0.4 is 10.6 Å². The number of amides is 2. The van der Waals surface area contributed by atoms with Crippen molar-refractivity contribution in [1.82, 2.24) is 10.3 Å². The molecule has 3 N–H and O–H groups in total. The number of nitrogens with one attached hydrogen (secondary N) is 2. The van der Waals surface area contributed by atoms with Crippen LogP contribution in [-0.4, -0.2) is 28.8 Å². The van der Waals surface area contributed by atoms with Crippen molar-refractivity contribution in [1.29, 1.82) is 0 Å². The fourth-order valence-electron chi connectivity index (χ4n) is 1.05. The minimum atomic E-state index is -0.578. The van der Waals surface area contributed by atoms with Gasteiger partial charge in [0, 0.05) is 11.9 Å². The molecule has 1 aromatic rings. The minimum Gasteiger partial charge on any atom is -0.391 e. The maximum absolute atomic E-state index is 11.5. The zero-order valence-electron chi connectivity index (χ0n) is 10.6. The summed E-state index contributed by atoms with van der Waals surface area (Å²) in [6.45, 7) is 7.84. The summed E-state index contributed by atoms with van der Waals surface area (Å²) in [5, 5.41) is 17.4. The van der Waals surface area contributed by atoms with Crippen molar-refractivity contribution in [2.24, 2.45) is 5.41 Å². The Morgan fingerprint density at radius 3 is 2.71 bits per heavy atom. The molecule has 0 aliphatic carbocycles. The van der Waals surface area contributed by atoms with Gasteiger partial charge in [-0.1, -0.05) is 20.8 Å². The van der Waals surface area contributed by atoms with E-state index >= 15 is 0 Å². The van der Waals surface area contributed by atoms with Crippen molar-refractivity contribution in [2.75, 3.05) is 11.9 Å². The molecule has 1 heterocycles. The molecular weight excluding hydrogens is 238 g/mol. The number of hydrogen-bond donors (Lipinski definition) is 3.